The summed E-state index contributed by atoms with van der Waals surface area (Å²) < 4.78 is 0. The smallest absolute Gasteiger partial charge is 0.346 e. The molecule has 1 aromatic heterocycles. The lowest BCUT2D eigenvalue weighted by molar-refractivity contribution is -0.139. The number of rotatable bonds is 5. The zero-order valence-electron chi connectivity index (χ0n) is 10.8. The second kappa shape index (κ2) is 6.37. The molecule has 0 aliphatic carbocycles. The molecule has 104 valence electrons. The SMILES string of the molecule is CCC(NC(=O)c1c(SC)nc(=O)[nH]c1C)C(=O)O. The first-order chi connectivity index (χ1) is 8.90. The number of aromatic amines is 1. The van der Waals surface area contributed by atoms with Crippen molar-refractivity contribution in [3.05, 3.63) is 21.7 Å². The molecule has 0 aromatic carbocycles. The summed E-state index contributed by atoms with van der Waals surface area (Å²) >= 11 is 1.16. The van der Waals surface area contributed by atoms with Crippen LogP contribution >= 0.6 is 11.8 Å². The van der Waals surface area contributed by atoms with Gasteiger partial charge >= 0.3 is 11.7 Å². The van der Waals surface area contributed by atoms with E-state index in [2.05, 4.69) is 15.3 Å². The summed E-state index contributed by atoms with van der Waals surface area (Å²) in [6.45, 7) is 3.23. The first kappa shape index (κ1) is 15.2. The normalized spacial score (nSPS) is 11.9. The Hall–Kier alpha value is -1.83. The molecule has 1 aromatic rings. The highest BCUT2D eigenvalue weighted by molar-refractivity contribution is 7.98. The number of carboxylic acids is 1. The van der Waals surface area contributed by atoms with Gasteiger partial charge in [-0.25, -0.2) is 9.59 Å². The number of aryl methyl sites for hydroxylation is 1. The minimum Gasteiger partial charge on any atom is -0.480 e. The summed E-state index contributed by atoms with van der Waals surface area (Å²) in [5, 5.41) is 11.6. The Balaban J connectivity index is 3.12. The molecule has 0 aliphatic heterocycles. The van der Waals surface area contributed by atoms with Gasteiger partial charge in [0.1, 0.15) is 11.1 Å². The van der Waals surface area contributed by atoms with Crippen LogP contribution in [0.25, 0.3) is 0 Å². The van der Waals surface area contributed by atoms with Crippen molar-refractivity contribution in [3.63, 3.8) is 0 Å². The van der Waals surface area contributed by atoms with Crippen molar-refractivity contribution in [2.45, 2.75) is 31.3 Å². The van der Waals surface area contributed by atoms with Crippen LogP contribution in [0, 0.1) is 6.92 Å². The van der Waals surface area contributed by atoms with Crippen molar-refractivity contribution in [1.29, 1.82) is 0 Å². The van der Waals surface area contributed by atoms with E-state index in [9.17, 15) is 14.4 Å². The van der Waals surface area contributed by atoms with E-state index in [0.29, 0.717) is 5.69 Å². The molecule has 0 radical (unpaired) electrons. The van der Waals surface area contributed by atoms with Crippen molar-refractivity contribution < 1.29 is 14.7 Å². The number of carbonyl (C=O) groups excluding carboxylic acids is 1. The standard InChI is InChI=1S/C11H15N3O4S/c1-4-6(10(16)17)13-8(15)7-5(2)12-11(18)14-9(7)19-3/h6H,4H2,1-3H3,(H,13,15)(H,16,17)(H,12,14,18). The summed E-state index contributed by atoms with van der Waals surface area (Å²) in [4.78, 5) is 40.3. The monoisotopic (exact) mass is 285 g/mol. The van der Waals surface area contributed by atoms with Crippen LogP contribution < -0.4 is 11.0 Å². The number of thioether (sulfide) groups is 1. The first-order valence-corrected chi connectivity index (χ1v) is 6.81. The second-order valence-electron chi connectivity index (χ2n) is 3.82. The number of nitrogens with zero attached hydrogens (tertiary/aromatic N) is 1. The van der Waals surface area contributed by atoms with Crippen LogP contribution in [0.1, 0.15) is 29.4 Å². The van der Waals surface area contributed by atoms with Crippen LogP contribution in [0.2, 0.25) is 0 Å². The Morgan fingerprint density at radius 3 is 2.63 bits per heavy atom. The summed E-state index contributed by atoms with van der Waals surface area (Å²) in [7, 11) is 0. The highest BCUT2D eigenvalue weighted by Gasteiger charge is 2.22. The third-order valence-corrected chi connectivity index (χ3v) is 3.20. The number of amides is 1. The predicted molar refractivity (Wildman–Crippen MR) is 70.6 cm³/mol. The van der Waals surface area contributed by atoms with Crippen LogP contribution in [0.5, 0.6) is 0 Å². The molecule has 0 aliphatic rings. The van der Waals surface area contributed by atoms with E-state index in [1.54, 1.807) is 20.1 Å². The molecule has 3 N–H and O–H groups in total. The number of carboxylic acid groups (broad SMARTS) is 1. The Morgan fingerprint density at radius 2 is 2.16 bits per heavy atom. The molecule has 19 heavy (non-hydrogen) atoms. The van der Waals surface area contributed by atoms with Gasteiger partial charge in [0.2, 0.25) is 0 Å². The Morgan fingerprint density at radius 1 is 1.53 bits per heavy atom. The van der Waals surface area contributed by atoms with Crippen LogP contribution in [0.15, 0.2) is 9.82 Å². The zero-order valence-corrected chi connectivity index (χ0v) is 11.6. The van der Waals surface area contributed by atoms with Crippen LogP contribution in [-0.4, -0.2) is 39.2 Å². The Labute approximate surface area is 113 Å². The maximum absolute atomic E-state index is 12.1. The lowest BCUT2D eigenvalue weighted by Crippen LogP contribution is -2.41. The van der Waals surface area contributed by atoms with Gasteiger partial charge in [-0.3, -0.25) is 4.79 Å². The lowest BCUT2D eigenvalue weighted by Gasteiger charge is -2.14. The second-order valence-corrected chi connectivity index (χ2v) is 4.62. The number of hydrogen-bond donors (Lipinski definition) is 3. The number of nitrogens with one attached hydrogen (secondary N) is 2. The molecule has 0 fully saturated rings. The molecule has 0 bridgehead atoms. The van der Waals surface area contributed by atoms with Crippen LogP contribution in [-0.2, 0) is 4.79 Å². The van der Waals surface area contributed by atoms with Crippen molar-refractivity contribution >= 4 is 23.6 Å². The van der Waals surface area contributed by atoms with Gasteiger partial charge in [-0.1, -0.05) is 6.92 Å². The van der Waals surface area contributed by atoms with E-state index in [1.807, 2.05) is 0 Å². The molecule has 1 rings (SSSR count). The lowest BCUT2D eigenvalue weighted by atomic mass is 10.2. The van der Waals surface area contributed by atoms with Gasteiger partial charge in [0.05, 0.1) is 5.56 Å². The average molecular weight is 285 g/mol. The highest BCUT2D eigenvalue weighted by atomic mass is 32.2. The molecular weight excluding hydrogens is 270 g/mol. The third kappa shape index (κ3) is 3.57. The minimum atomic E-state index is -1.10. The minimum absolute atomic E-state index is 0.201. The van der Waals surface area contributed by atoms with Gasteiger partial charge < -0.3 is 15.4 Å². The molecule has 7 nitrogen and oxygen atoms in total. The molecule has 0 saturated heterocycles. The van der Waals surface area contributed by atoms with Gasteiger partial charge in [0.15, 0.2) is 0 Å². The first-order valence-electron chi connectivity index (χ1n) is 5.59. The fourth-order valence-electron chi connectivity index (χ4n) is 1.54. The highest BCUT2D eigenvalue weighted by Crippen LogP contribution is 2.18. The fourth-order valence-corrected chi connectivity index (χ4v) is 2.17. The zero-order chi connectivity index (χ0) is 14.6. The quantitative estimate of drug-likeness (QED) is 0.533. The fraction of sp³-hybridized carbons (Fsp3) is 0.455. The van der Waals surface area contributed by atoms with Gasteiger partial charge in [-0.15, -0.1) is 11.8 Å². The molecule has 1 atom stereocenters. The number of carbonyl (C=O) groups is 2. The molecule has 1 unspecified atom stereocenters. The molecule has 0 saturated carbocycles. The molecule has 1 amide bonds. The van der Waals surface area contributed by atoms with E-state index < -0.39 is 23.6 Å². The Kier molecular flexibility index (Phi) is 5.11. The van der Waals surface area contributed by atoms with Crippen molar-refractivity contribution in [1.82, 2.24) is 15.3 Å². The van der Waals surface area contributed by atoms with Crippen molar-refractivity contribution in [3.8, 4) is 0 Å². The van der Waals surface area contributed by atoms with Crippen molar-refractivity contribution in [2.75, 3.05) is 6.26 Å². The number of hydrogen-bond acceptors (Lipinski definition) is 5. The van der Waals surface area contributed by atoms with Gasteiger partial charge in [0, 0.05) is 5.69 Å². The van der Waals surface area contributed by atoms with E-state index in [4.69, 9.17) is 5.11 Å². The van der Waals surface area contributed by atoms with Crippen molar-refractivity contribution in [2.24, 2.45) is 0 Å². The Bertz CT molecular complexity index is 555. The van der Waals surface area contributed by atoms with E-state index in [-0.39, 0.29) is 17.0 Å². The van der Waals surface area contributed by atoms with Crippen LogP contribution in [0.3, 0.4) is 0 Å². The molecule has 0 spiro atoms. The van der Waals surface area contributed by atoms with E-state index in [0.717, 1.165) is 11.8 Å². The van der Waals surface area contributed by atoms with Gasteiger partial charge in [-0.2, -0.15) is 4.98 Å². The molecule has 1 heterocycles. The maximum atomic E-state index is 12.1. The summed E-state index contributed by atoms with van der Waals surface area (Å²) in [5.41, 5.74) is 0.0255. The van der Waals surface area contributed by atoms with E-state index in [1.165, 1.54) is 0 Å². The third-order valence-electron chi connectivity index (χ3n) is 2.52. The summed E-state index contributed by atoms with van der Waals surface area (Å²) in [5.74, 6) is -1.66. The number of aromatic nitrogens is 2. The van der Waals surface area contributed by atoms with Crippen LogP contribution in [0.4, 0.5) is 0 Å². The van der Waals surface area contributed by atoms with Gasteiger partial charge in [-0.05, 0) is 19.6 Å². The topological polar surface area (TPSA) is 112 Å². The molecule has 8 heteroatoms. The van der Waals surface area contributed by atoms with E-state index >= 15 is 0 Å². The van der Waals surface area contributed by atoms with Gasteiger partial charge in [0.25, 0.3) is 5.91 Å². The maximum Gasteiger partial charge on any atom is 0.346 e. The largest absolute Gasteiger partial charge is 0.480 e. The number of H-pyrrole nitrogens is 1. The number of aliphatic carboxylic acids is 1. The summed E-state index contributed by atoms with van der Waals surface area (Å²) in [6, 6.07) is -0.964. The average Bonchev–Trinajstić information content (AvgIpc) is 2.33. The summed E-state index contributed by atoms with van der Waals surface area (Å²) in [6.07, 6.45) is 1.96. The predicted octanol–water partition coefficient (Wildman–Crippen LogP) is 0.393. The molecular formula is C11H15N3O4S.